The Labute approximate surface area is 223 Å². The van der Waals surface area contributed by atoms with Gasteiger partial charge in [-0.3, -0.25) is 4.99 Å². The zero-order valence-electron chi connectivity index (χ0n) is 19.8. The van der Waals surface area contributed by atoms with E-state index in [4.69, 9.17) is 21.1 Å². The maximum atomic E-state index is 11.8. The molecule has 0 saturated heterocycles. The van der Waals surface area contributed by atoms with E-state index in [1.54, 1.807) is 36.0 Å². The molecule has 2 aromatic heterocycles. The molecule has 2 N–H and O–H groups in total. The molecule has 1 unspecified atom stereocenters. The second-order valence-corrected chi connectivity index (χ2v) is 12.2. The number of nitrogens with zero attached hydrogens (tertiary/aromatic N) is 2. The first-order valence-corrected chi connectivity index (χ1v) is 14.6. The largest absolute Gasteiger partial charge is 0.485 e. The van der Waals surface area contributed by atoms with Crippen molar-refractivity contribution in [2.24, 2.45) is 4.99 Å². The van der Waals surface area contributed by atoms with Gasteiger partial charge in [0.15, 0.2) is 9.84 Å². The number of sulfone groups is 1. The van der Waals surface area contributed by atoms with Crippen LogP contribution < -0.4 is 9.47 Å². The van der Waals surface area contributed by atoms with Crippen molar-refractivity contribution in [1.29, 1.82) is 0 Å². The van der Waals surface area contributed by atoms with Crippen molar-refractivity contribution >= 4 is 49.1 Å². The number of rotatable bonds is 9. The fourth-order valence-corrected chi connectivity index (χ4v) is 5.79. The molecule has 11 heteroatoms. The molecule has 0 radical (unpaired) electrons. The van der Waals surface area contributed by atoms with Crippen LogP contribution in [0.5, 0.6) is 17.2 Å². The number of aliphatic hydroxyl groups excluding tert-OH is 1. The maximum absolute atomic E-state index is 11.8. The Balaban J connectivity index is 1.46. The molecule has 4 aromatic rings. The van der Waals surface area contributed by atoms with Crippen LogP contribution in [0.15, 0.2) is 70.6 Å². The number of benzene rings is 2. The van der Waals surface area contributed by atoms with Crippen LogP contribution in [0.4, 0.5) is 0 Å². The van der Waals surface area contributed by atoms with Gasteiger partial charge in [0.25, 0.3) is 0 Å². The SMILES string of the molecule is CS(=O)(=O)c1ccc(Oc2cc(OCc3cccc(Cl)n3)c3[nH]c(C4=NCC(CCO)S4)cc3c2)cc1. The van der Waals surface area contributed by atoms with Crippen LogP contribution in [-0.2, 0) is 16.4 Å². The van der Waals surface area contributed by atoms with E-state index in [1.807, 2.05) is 24.3 Å². The molecule has 0 saturated carbocycles. The van der Waals surface area contributed by atoms with Gasteiger partial charge < -0.3 is 19.6 Å². The van der Waals surface area contributed by atoms with E-state index in [2.05, 4.69) is 15.0 Å². The number of fused-ring (bicyclic) bond motifs is 1. The average molecular weight is 558 g/mol. The molecule has 0 aliphatic carbocycles. The van der Waals surface area contributed by atoms with Gasteiger partial charge >= 0.3 is 0 Å². The van der Waals surface area contributed by atoms with Crippen LogP contribution >= 0.6 is 23.4 Å². The van der Waals surface area contributed by atoms with Crippen molar-refractivity contribution in [3.05, 3.63) is 77.2 Å². The molecule has 37 heavy (non-hydrogen) atoms. The highest BCUT2D eigenvalue weighted by atomic mass is 35.5. The number of ether oxygens (including phenoxy) is 2. The molecule has 0 bridgehead atoms. The molecule has 1 atom stereocenters. The minimum atomic E-state index is -3.30. The lowest BCUT2D eigenvalue weighted by molar-refractivity contribution is 0.288. The number of aliphatic hydroxyl groups is 1. The van der Waals surface area contributed by atoms with E-state index in [-0.39, 0.29) is 23.4 Å². The number of hydrogen-bond donors (Lipinski definition) is 2. The fourth-order valence-electron chi connectivity index (χ4n) is 3.91. The lowest BCUT2D eigenvalue weighted by atomic mass is 10.2. The summed E-state index contributed by atoms with van der Waals surface area (Å²) in [4.78, 5) is 12.6. The zero-order chi connectivity index (χ0) is 26.0. The topological polar surface area (TPSA) is 114 Å². The van der Waals surface area contributed by atoms with Gasteiger partial charge in [-0.25, -0.2) is 13.4 Å². The first kappa shape index (κ1) is 25.6. The smallest absolute Gasteiger partial charge is 0.175 e. The van der Waals surface area contributed by atoms with Gasteiger partial charge in [-0.15, -0.1) is 0 Å². The molecule has 2 aromatic carbocycles. The molecule has 1 aliphatic rings. The summed E-state index contributed by atoms with van der Waals surface area (Å²) in [6.45, 7) is 0.997. The van der Waals surface area contributed by atoms with E-state index >= 15 is 0 Å². The van der Waals surface area contributed by atoms with Gasteiger partial charge in [0, 0.05) is 29.6 Å². The van der Waals surface area contributed by atoms with E-state index < -0.39 is 9.84 Å². The van der Waals surface area contributed by atoms with E-state index in [0.29, 0.717) is 41.1 Å². The van der Waals surface area contributed by atoms with E-state index in [0.717, 1.165) is 27.9 Å². The minimum absolute atomic E-state index is 0.133. The Kier molecular flexibility index (Phi) is 7.43. The van der Waals surface area contributed by atoms with E-state index in [9.17, 15) is 13.5 Å². The van der Waals surface area contributed by atoms with Crippen LogP contribution in [0.25, 0.3) is 10.9 Å². The molecule has 192 valence electrons. The van der Waals surface area contributed by atoms with Gasteiger partial charge in [-0.05, 0) is 55.0 Å². The normalized spacial score (nSPS) is 15.6. The predicted octanol–water partition coefficient (Wildman–Crippen LogP) is 5.24. The summed E-state index contributed by atoms with van der Waals surface area (Å²) in [5.41, 5.74) is 2.32. The summed E-state index contributed by atoms with van der Waals surface area (Å²) in [6.07, 6.45) is 1.85. The Morgan fingerprint density at radius 2 is 1.95 bits per heavy atom. The monoisotopic (exact) mass is 557 g/mol. The summed E-state index contributed by atoms with van der Waals surface area (Å²) >= 11 is 7.67. The first-order chi connectivity index (χ1) is 17.8. The third-order valence-electron chi connectivity index (χ3n) is 5.70. The molecule has 1 aliphatic heterocycles. The standard InChI is InChI=1S/C26H24ClN3O5S2/c1-37(32,33)21-7-5-18(6-8-21)35-19-11-16-12-22(26-28-14-20(36-26)9-10-31)30-25(16)23(13-19)34-15-17-3-2-4-24(27)29-17/h2-8,11-13,20,30-31H,9-10,14-15H2,1H3. The van der Waals surface area contributed by atoms with Crippen molar-refractivity contribution in [3.63, 3.8) is 0 Å². The van der Waals surface area contributed by atoms with Gasteiger partial charge in [0.1, 0.15) is 34.1 Å². The molecule has 8 nitrogen and oxygen atoms in total. The second-order valence-electron chi connectivity index (χ2n) is 8.55. The van der Waals surface area contributed by atoms with Crippen LogP contribution in [0.2, 0.25) is 5.15 Å². The molecule has 5 rings (SSSR count). The molecule has 3 heterocycles. The number of H-pyrrole nitrogens is 1. The van der Waals surface area contributed by atoms with Crippen LogP contribution in [-0.4, -0.2) is 53.2 Å². The van der Waals surface area contributed by atoms with Crippen LogP contribution in [0.3, 0.4) is 0 Å². The van der Waals surface area contributed by atoms with Crippen LogP contribution in [0.1, 0.15) is 17.8 Å². The summed E-state index contributed by atoms with van der Waals surface area (Å²) in [5.74, 6) is 1.58. The number of nitrogens with one attached hydrogen (secondary N) is 1. The van der Waals surface area contributed by atoms with Crippen molar-refractivity contribution in [2.45, 2.75) is 23.2 Å². The van der Waals surface area contributed by atoms with Crippen molar-refractivity contribution in [2.75, 3.05) is 19.4 Å². The number of hydrogen-bond acceptors (Lipinski definition) is 8. The first-order valence-electron chi connectivity index (χ1n) is 11.5. The maximum Gasteiger partial charge on any atom is 0.175 e. The number of aromatic amines is 1. The zero-order valence-corrected chi connectivity index (χ0v) is 22.2. The summed E-state index contributed by atoms with van der Waals surface area (Å²) in [7, 11) is -3.30. The molecular weight excluding hydrogens is 534 g/mol. The Hall–Kier alpha value is -3.05. The molecular formula is C26H24ClN3O5S2. The third kappa shape index (κ3) is 6.10. The second kappa shape index (κ2) is 10.7. The Morgan fingerprint density at radius 3 is 2.68 bits per heavy atom. The number of aromatic nitrogens is 2. The van der Waals surface area contributed by atoms with Crippen molar-refractivity contribution < 1.29 is 23.0 Å². The number of aliphatic imine (C=N–C) groups is 1. The van der Waals surface area contributed by atoms with Gasteiger partial charge in [-0.2, -0.15) is 0 Å². The average Bonchev–Trinajstić information content (AvgIpc) is 3.50. The summed E-state index contributed by atoms with van der Waals surface area (Å²) in [5, 5.41) is 11.7. The van der Waals surface area contributed by atoms with Gasteiger partial charge in [-0.1, -0.05) is 29.4 Å². The number of pyridine rings is 1. The lowest BCUT2D eigenvalue weighted by Gasteiger charge is -2.11. The highest BCUT2D eigenvalue weighted by molar-refractivity contribution is 8.15. The minimum Gasteiger partial charge on any atom is -0.485 e. The summed E-state index contributed by atoms with van der Waals surface area (Å²) < 4.78 is 35.8. The number of halogens is 1. The van der Waals surface area contributed by atoms with Crippen molar-refractivity contribution in [1.82, 2.24) is 9.97 Å². The quantitative estimate of drug-likeness (QED) is 0.271. The molecule has 0 amide bonds. The van der Waals surface area contributed by atoms with Crippen LogP contribution in [0, 0.1) is 0 Å². The Bertz CT molecular complexity index is 1570. The molecule has 0 fully saturated rings. The van der Waals surface area contributed by atoms with Gasteiger partial charge in [0.05, 0.1) is 28.3 Å². The highest BCUT2D eigenvalue weighted by Crippen LogP contribution is 2.36. The Morgan fingerprint density at radius 1 is 1.14 bits per heavy atom. The van der Waals surface area contributed by atoms with Gasteiger partial charge in [0.2, 0.25) is 0 Å². The predicted molar refractivity (Wildman–Crippen MR) is 146 cm³/mol. The number of thioether (sulfide) groups is 1. The molecule has 0 spiro atoms. The summed E-state index contributed by atoms with van der Waals surface area (Å²) in [6, 6.07) is 17.3. The highest BCUT2D eigenvalue weighted by Gasteiger charge is 2.22. The third-order valence-corrected chi connectivity index (χ3v) is 8.33. The van der Waals surface area contributed by atoms with Crippen molar-refractivity contribution in [3.8, 4) is 17.2 Å². The fraction of sp³-hybridized carbons (Fsp3) is 0.231. The van der Waals surface area contributed by atoms with E-state index in [1.165, 1.54) is 12.1 Å². The lowest BCUT2D eigenvalue weighted by Crippen LogP contribution is -2.05.